The van der Waals surface area contributed by atoms with Crippen LogP contribution in [0, 0.1) is 10.1 Å². The first-order chi connectivity index (χ1) is 14.0. The summed E-state index contributed by atoms with van der Waals surface area (Å²) in [6.45, 7) is 1.82. The lowest BCUT2D eigenvalue weighted by atomic mass is 9.74. The van der Waals surface area contributed by atoms with Crippen molar-refractivity contribution in [3.63, 3.8) is 0 Å². The number of anilines is 1. The van der Waals surface area contributed by atoms with Crippen LogP contribution in [0.2, 0.25) is 0 Å². The third kappa shape index (κ3) is 4.48. The number of nitrogens with zero attached hydrogens (tertiary/aromatic N) is 1. The Kier molecular flexibility index (Phi) is 6.33. The van der Waals surface area contributed by atoms with E-state index in [1.54, 1.807) is 13.2 Å². The summed E-state index contributed by atoms with van der Waals surface area (Å²) in [6.07, 6.45) is 1.62. The Morgan fingerprint density at radius 3 is 2.45 bits per heavy atom. The van der Waals surface area contributed by atoms with Gasteiger partial charge in [0.2, 0.25) is 0 Å². The van der Waals surface area contributed by atoms with Crippen molar-refractivity contribution in [1.82, 2.24) is 0 Å². The molecule has 0 saturated carbocycles. The number of carbonyl (C=O) groups is 1. The minimum atomic E-state index is -0.623. The minimum absolute atomic E-state index is 0.138. The number of benzene rings is 2. The highest BCUT2D eigenvalue weighted by atomic mass is 16.6. The van der Waals surface area contributed by atoms with Gasteiger partial charge in [-0.15, -0.1) is 0 Å². The van der Waals surface area contributed by atoms with E-state index < -0.39 is 10.9 Å². The highest BCUT2D eigenvalue weighted by Crippen LogP contribution is 2.36. The number of hydrogen-bond donors (Lipinski definition) is 1. The largest absolute Gasteiger partial charge is 0.497 e. The summed E-state index contributed by atoms with van der Waals surface area (Å²) in [5.41, 5.74) is 1.43. The van der Waals surface area contributed by atoms with Crippen molar-refractivity contribution in [2.45, 2.75) is 18.3 Å². The number of esters is 1. The normalized spacial score (nSPS) is 15.4. The van der Waals surface area contributed by atoms with Crippen molar-refractivity contribution in [1.29, 1.82) is 0 Å². The third-order valence-electron chi connectivity index (χ3n) is 5.39. The molecule has 1 fully saturated rings. The van der Waals surface area contributed by atoms with Gasteiger partial charge in [0.1, 0.15) is 5.75 Å². The predicted octanol–water partition coefficient (Wildman–Crippen LogP) is 3.55. The molecule has 0 amide bonds. The van der Waals surface area contributed by atoms with Crippen molar-refractivity contribution < 1.29 is 23.9 Å². The first-order valence-electron chi connectivity index (χ1n) is 9.32. The molecule has 1 aliphatic rings. The van der Waals surface area contributed by atoms with Crippen LogP contribution in [-0.4, -0.2) is 44.9 Å². The van der Waals surface area contributed by atoms with Gasteiger partial charge < -0.3 is 19.5 Å². The summed E-state index contributed by atoms with van der Waals surface area (Å²) in [6, 6.07) is 12.1. The number of nitrogens with one attached hydrogen (secondary N) is 1. The highest BCUT2D eigenvalue weighted by molar-refractivity contribution is 5.96. The summed E-state index contributed by atoms with van der Waals surface area (Å²) >= 11 is 0. The van der Waals surface area contributed by atoms with E-state index in [4.69, 9.17) is 14.2 Å². The van der Waals surface area contributed by atoms with E-state index in [1.165, 1.54) is 19.2 Å². The van der Waals surface area contributed by atoms with Gasteiger partial charge in [0.15, 0.2) is 0 Å². The molecule has 1 saturated heterocycles. The van der Waals surface area contributed by atoms with Crippen LogP contribution in [0.5, 0.6) is 5.75 Å². The number of nitro benzene ring substituents is 1. The van der Waals surface area contributed by atoms with Crippen molar-refractivity contribution in [2.75, 3.05) is 39.3 Å². The second-order valence-corrected chi connectivity index (χ2v) is 6.95. The second-order valence-electron chi connectivity index (χ2n) is 6.95. The summed E-state index contributed by atoms with van der Waals surface area (Å²) < 4.78 is 15.6. The quantitative estimate of drug-likeness (QED) is 0.431. The van der Waals surface area contributed by atoms with Gasteiger partial charge in [-0.1, -0.05) is 12.1 Å². The molecule has 3 rings (SSSR count). The number of nitro groups is 1. The van der Waals surface area contributed by atoms with Gasteiger partial charge in [0.05, 0.1) is 24.7 Å². The summed E-state index contributed by atoms with van der Waals surface area (Å²) in [7, 11) is 2.88. The summed E-state index contributed by atoms with van der Waals surface area (Å²) in [5.74, 6) is 0.161. The SMILES string of the molecule is COC(=O)c1cc([N+](=O)[O-])ccc1NCC1(c2ccc(OC)cc2)CCOCC1. The monoisotopic (exact) mass is 400 g/mol. The number of rotatable bonds is 7. The molecule has 0 bridgehead atoms. The molecular formula is C21H24N2O6. The molecule has 0 aromatic heterocycles. The first-order valence-corrected chi connectivity index (χ1v) is 9.32. The Morgan fingerprint density at radius 2 is 1.86 bits per heavy atom. The van der Waals surface area contributed by atoms with Gasteiger partial charge >= 0.3 is 5.97 Å². The molecule has 0 atom stereocenters. The Hall–Kier alpha value is -3.13. The molecule has 0 aliphatic carbocycles. The third-order valence-corrected chi connectivity index (χ3v) is 5.39. The molecule has 1 heterocycles. The van der Waals surface area contributed by atoms with E-state index in [2.05, 4.69) is 5.32 Å². The molecule has 2 aromatic rings. The molecule has 1 N–H and O–H groups in total. The molecule has 8 heteroatoms. The maximum atomic E-state index is 12.2. The molecule has 1 aliphatic heterocycles. The van der Waals surface area contributed by atoms with E-state index >= 15 is 0 Å². The molecule has 0 radical (unpaired) electrons. The lowest BCUT2D eigenvalue weighted by Gasteiger charge is -2.38. The van der Waals surface area contributed by atoms with Crippen molar-refractivity contribution >= 4 is 17.3 Å². The zero-order chi connectivity index (χ0) is 20.9. The smallest absolute Gasteiger partial charge is 0.340 e. The molecule has 2 aromatic carbocycles. The number of carbonyl (C=O) groups excluding carboxylic acids is 1. The van der Waals surface area contributed by atoms with Crippen LogP contribution in [0.25, 0.3) is 0 Å². The molecule has 29 heavy (non-hydrogen) atoms. The lowest BCUT2D eigenvalue weighted by Crippen LogP contribution is -2.40. The molecular weight excluding hydrogens is 376 g/mol. The van der Waals surface area contributed by atoms with Crippen LogP contribution in [0.3, 0.4) is 0 Å². The fraction of sp³-hybridized carbons (Fsp3) is 0.381. The zero-order valence-corrected chi connectivity index (χ0v) is 16.5. The number of hydrogen-bond acceptors (Lipinski definition) is 7. The summed E-state index contributed by atoms with van der Waals surface area (Å²) in [5, 5.41) is 14.4. The van der Waals surface area contributed by atoms with E-state index in [9.17, 15) is 14.9 Å². The van der Waals surface area contributed by atoms with E-state index in [1.807, 2.05) is 24.3 Å². The number of ether oxygens (including phenoxy) is 3. The van der Waals surface area contributed by atoms with Crippen LogP contribution >= 0.6 is 0 Å². The van der Waals surface area contributed by atoms with E-state index in [0.717, 1.165) is 24.2 Å². The number of non-ortho nitro benzene ring substituents is 1. The molecule has 154 valence electrons. The van der Waals surface area contributed by atoms with Crippen molar-refractivity contribution in [3.8, 4) is 5.75 Å². The zero-order valence-electron chi connectivity index (χ0n) is 16.5. The minimum Gasteiger partial charge on any atom is -0.497 e. The van der Waals surface area contributed by atoms with E-state index in [-0.39, 0.29) is 16.7 Å². The first kappa shape index (κ1) is 20.6. The standard InChI is InChI=1S/C21H24N2O6/c1-27-17-6-3-15(4-7-17)21(9-11-29-12-10-21)14-22-19-8-5-16(23(25)26)13-18(19)20(24)28-2/h3-8,13,22H,9-12,14H2,1-2H3. The van der Waals surface area contributed by atoms with Gasteiger partial charge in [-0.2, -0.15) is 0 Å². The highest BCUT2D eigenvalue weighted by Gasteiger charge is 2.35. The number of methoxy groups -OCH3 is 2. The van der Waals surface area contributed by atoms with Crippen molar-refractivity contribution in [2.24, 2.45) is 0 Å². The van der Waals surface area contributed by atoms with Gasteiger partial charge in [0, 0.05) is 43.0 Å². The van der Waals surface area contributed by atoms with Gasteiger partial charge in [-0.05, 0) is 36.6 Å². The molecule has 8 nitrogen and oxygen atoms in total. The Bertz CT molecular complexity index is 875. The van der Waals surface area contributed by atoms with Crippen LogP contribution < -0.4 is 10.1 Å². The van der Waals surface area contributed by atoms with Crippen LogP contribution in [0.4, 0.5) is 11.4 Å². The van der Waals surface area contributed by atoms with Crippen molar-refractivity contribution in [3.05, 3.63) is 63.7 Å². The van der Waals surface area contributed by atoms with E-state index in [0.29, 0.717) is 25.4 Å². The molecule has 0 spiro atoms. The average molecular weight is 400 g/mol. The Balaban J connectivity index is 1.89. The van der Waals surface area contributed by atoms with Crippen LogP contribution in [0.15, 0.2) is 42.5 Å². The Labute approximate surface area is 168 Å². The fourth-order valence-electron chi connectivity index (χ4n) is 3.62. The fourth-order valence-corrected chi connectivity index (χ4v) is 3.62. The van der Waals surface area contributed by atoms with Crippen LogP contribution in [-0.2, 0) is 14.9 Å². The maximum Gasteiger partial charge on any atom is 0.340 e. The van der Waals surface area contributed by atoms with Crippen LogP contribution in [0.1, 0.15) is 28.8 Å². The average Bonchev–Trinajstić information content (AvgIpc) is 2.77. The molecule has 0 unspecified atom stereocenters. The lowest BCUT2D eigenvalue weighted by molar-refractivity contribution is -0.384. The van der Waals surface area contributed by atoms with Gasteiger partial charge in [-0.3, -0.25) is 10.1 Å². The maximum absolute atomic E-state index is 12.2. The topological polar surface area (TPSA) is 99.9 Å². The summed E-state index contributed by atoms with van der Waals surface area (Å²) in [4.78, 5) is 22.7. The van der Waals surface area contributed by atoms with Gasteiger partial charge in [0.25, 0.3) is 5.69 Å². The second kappa shape index (κ2) is 8.91. The predicted molar refractivity (Wildman–Crippen MR) is 108 cm³/mol. The Morgan fingerprint density at radius 1 is 1.17 bits per heavy atom. The van der Waals surface area contributed by atoms with Gasteiger partial charge in [-0.25, -0.2) is 4.79 Å².